The number of nitrogens with one attached hydrogen (secondary N) is 1. The largest absolute Gasteiger partial charge is 0.311 e. The van der Waals surface area contributed by atoms with Gasteiger partial charge in [-0.25, -0.2) is 8.78 Å². The maximum atomic E-state index is 13.2. The van der Waals surface area contributed by atoms with Gasteiger partial charge in [0.1, 0.15) is 0 Å². The van der Waals surface area contributed by atoms with E-state index in [0.717, 1.165) is 25.5 Å². The zero-order chi connectivity index (χ0) is 10.7. The Hall–Kier alpha value is -0.930. The van der Waals surface area contributed by atoms with Gasteiger partial charge >= 0.3 is 0 Å². The smallest absolute Gasteiger partial charge is 0.166 e. The molecule has 1 aromatic carbocycles. The predicted molar refractivity (Wildman–Crippen MR) is 63.7 cm³/mol. The average molecular weight is 246 g/mol. The zero-order valence-electron chi connectivity index (χ0n) is 8.75. The fourth-order valence-electron chi connectivity index (χ4n) is 1.74. The maximum absolute atomic E-state index is 13.2. The quantitative estimate of drug-likeness (QED) is 0.844. The summed E-state index contributed by atoms with van der Waals surface area (Å²) in [5, 5.41) is 3.26. The van der Waals surface area contributed by atoms with E-state index in [1.807, 2.05) is 6.08 Å². The van der Waals surface area contributed by atoms with Crippen molar-refractivity contribution in [2.45, 2.75) is 18.9 Å². The molecule has 2 rings (SSSR count). The average Bonchev–Trinajstić information content (AvgIpc) is 2.73. The Morgan fingerprint density at radius 1 is 1.31 bits per heavy atom. The summed E-state index contributed by atoms with van der Waals surface area (Å²) in [7, 11) is 0. The highest BCUT2D eigenvalue weighted by Crippen LogP contribution is 2.14. The Bertz CT molecular complexity index is 373. The summed E-state index contributed by atoms with van der Waals surface area (Å²) in [6.45, 7) is 1.00. The van der Waals surface area contributed by atoms with Gasteiger partial charge in [0.15, 0.2) is 11.6 Å². The van der Waals surface area contributed by atoms with E-state index in [4.69, 9.17) is 0 Å². The highest BCUT2D eigenvalue weighted by Gasteiger charge is 2.10. The highest BCUT2D eigenvalue weighted by molar-refractivity contribution is 5.85. The minimum absolute atomic E-state index is 0. The van der Waals surface area contributed by atoms with Gasteiger partial charge in [-0.3, -0.25) is 0 Å². The summed E-state index contributed by atoms with van der Waals surface area (Å²) in [5.74, 6) is -1.57. The van der Waals surface area contributed by atoms with Crippen LogP contribution < -0.4 is 5.32 Å². The molecule has 0 aliphatic carbocycles. The lowest BCUT2D eigenvalue weighted by Crippen LogP contribution is -2.18. The van der Waals surface area contributed by atoms with Crippen molar-refractivity contribution in [1.29, 1.82) is 0 Å². The van der Waals surface area contributed by atoms with Crippen LogP contribution in [0.2, 0.25) is 0 Å². The van der Waals surface area contributed by atoms with Gasteiger partial charge < -0.3 is 5.32 Å². The molecule has 1 aliphatic rings. The fourth-order valence-corrected chi connectivity index (χ4v) is 1.74. The summed E-state index contributed by atoms with van der Waals surface area (Å²) in [4.78, 5) is 0. The van der Waals surface area contributed by atoms with Gasteiger partial charge in [0.05, 0.1) is 0 Å². The van der Waals surface area contributed by atoms with Crippen LogP contribution in [-0.4, -0.2) is 12.6 Å². The highest BCUT2D eigenvalue weighted by atomic mass is 35.5. The van der Waals surface area contributed by atoms with Crippen LogP contribution in [0, 0.1) is 11.6 Å². The lowest BCUT2D eigenvalue weighted by Gasteiger charge is -2.03. The second kappa shape index (κ2) is 5.97. The number of hydrogen-bond donors (Lipinski definition) is 1. The zero-order valence-corrected chi connectivity index (χ0v) is 9.57. The van der Waals surface area contributed by atoms with Crippen LogP contribution >= 0.6 is 12.4 Å². The van der Waals surface area contributed by atoms with Crippen LogP contribution in [0.3, 0.4) is 0 Å². The van der Waals surface area contributed by atoms with Crippen molar-refractivity contribution in [1.82, 2.24) is 5.32 Å². The number of benzene rings is 1. The molecule has 0 saturated carbocycles. The van der Waals surface area contributed by atoms with E-state index in [9.17, 15) is 8.78 Å². The molecule has 1 nitrogen and oxygen atoms in total. The van der Waals surface area contributed by atoms with Crippen molar-refractivity contribution in [3.63, 3.8) is 0 Å². The molecule has 4 heteroatoms. The Balaban J connectivity index is 0.00000128. The lowest BCUT2D eigenvalue weighted by molar-refractivity contribution is 0.507. The third-order valence-corrected chi connectivity index (χ3v) is 2.59. The number of rotatable bonds is 2. The van der Waals surface area contributed by atoms with Gasteiger partial charge in [-0.05, 0) is 25.5 Å². The third kappa shape index (κ3) is 3.03. The first-order valence-corrected chi connectivity index (χ1v) is 5.13. The first-order valence-electron chi connectivity index (χ1n) is 5.13. The van der Waals surface area contributed by atoms with Gasteiger partial charge in [-0.1, -0.05) is 24.3 Å². The molecule has 0 radical (unpaired) electrons. The van der Waals surface area contributed by atoms with E-state index in [1.165, 1.54) is 6.07 Å². The number of halogens is 3. The summed E-state index contributed by atoms with van der Waals surface area (Å²) in [5.41, 5.74) is 0.309. The molecule has 1 saturated heterocycles. The SMILES string of the molecule is Cl.Fc1cccc(/C=C/C2CCCN2)c1F. The Kier molecular flexibility index (Phi) is 4.90. The molecular weight excluding hydrogens is 232 g/mol. The molecular formula is C12H14ClF2N. The van der Waals surface area contributed by atoms with Crippen molar-refractivity contribution >= 4 is 18.5 Å². The van der Waals surface area contributed by atoms with Gasteiger partial charge in [-0.2, -0.15) is 0 Å². The molecule has 1 atom stereocenters. The van der Waals surface area contributed by atoms with Crippen molar-refractivity contribution in [3.8, 4) is 0 Å². The molecule has 0 spiro atoms. The van der Waals surface area contributed by atoms with Crippen LogP contribution in [0.1, 0.15) is 18.4 Å². The molecule has 1 N–H and O–H groups in total. The molecule has 0 amide bonds. The summed E-state index contributed by atoms with van der Waals surface area (Å²) in [6.07, 6.45) is 5.74. The van der Waals surface area contributed by atoms with Crippen LogP contribution in [0.15, 0.2) is 24.3 Å². The molecule has 0 bridgehead atoms. The molecule has 1 heterocycles. The molecule has 0 aromatic heterocycles. The monoisotopic (exact) mass is 245 g/mol. The van der Waals surface area contributed by atoms with E-state index in [2.05, 4.69) is 5.32 Å². The summed E-state index contributed by atoms with van der Waals surface area (Å²) >= 11 is 0. The first-order chi connectivity index (χ1) is 7.27. The lowest BCUT2D eigenvalue weighted by atomic mass is 10.1. The van der Waals surface area contributed by atoms with E-state index in [0.29, 0.717) is 11.6 Å². The van der Waals surface area contributed by atoms with E-state index in [-0.39, 0.29) is 12.4 Å². The van der Waals surface area contributed by atoms with Gasteiger partial charge in [0.25, 0.3) is 0 Å². The first kappa shape index (κ1) is 13.1. The maximum Gasteiger partial charge on any atom is 0.166 e. The van der Waals surface area contributed by atoms with E-state index < -0.39 is 11.6 Å². The van der Waals surface area contributed by atoms with Crippen molar-refractivity contribution in [3.05, 3.63) is 41.5 Å². The van der Waals surface area contributed by atoms with Crippen molar-refractivity contribution in [2.24, 2.45) is 0 Å². The normalized spacial score (nSPS) is 20.0. The minimum atomic E-state index is -0.795. The Morgan fingerprint density at radius 2 is 2.12 bits per heavy atom. The van der Waals surface area contributed by atoms with E-state index >= 15 is 0 Å². The van der Waals surface area contributed by atoms with Gasteiger partial charge in [0.2, 0.25) is 0 Å². The minimum Gasteiger partial charge on any atom is -0.311 e. The van der Waals surface area contributed by atoms with Crippen molar-refractivity contribution < 1.29 is 8.78 Å². The second-order valence-electron chi connectivity index (χ2n) is 3.71. The second-order valence-corrected chi connectivity index (χ2v) is 3.71. The van der Waals surface area contributed by atoms with E-state index in [1.54, 1.807) is 12.1 Å². The summed E-state index contributed by atoms with van der Waals surface area (Å²) in [6, 6.07) is 4.51. The fraction of sp³-hybridized carbons (Fsp3) is 0.333. The molecule has 16 heavy (non-hydrogen) atoms. The molecule has 1 aromatic rings. The van der Waals surface area contributed by atoms with Crippen molar-refractivity contribution in [2.75, 3.05) is 6.54 Å². The van der Waals surface area contributed by atoms with Crippen LogP contribution in [0.5, 0.6) is 0 Å². The Labute approximate surface area is 100.0 Å². The van der Waals surface area contributed by atoms with Gasteiger partial charge in [0, 0.05) is 11.6 Å². The van der Waals surface area contributed by atoms with Crippen LogP contribution in [-0.2, 0) is 0 Å². The molecule has 1 aliphatic heterocycles. The molecule has 1 fully saturated rings. The topological polar surface area (TPSA) is 12.0 Å². The standard InChI is InChI=1S/C12H13F2N.ClH/c13-11-5-1-3-9(12(11)14)6-7-10-4-2-8-15-10;/h1,3,5-7,10,15H,2,4,8H2;1H/b7-6+;. The molecule has 88 valence electrons. The third-order valence-electron chi connectivity index (χ3n) is 2.59. The van der Waals surface area contributed by atoms with Crippen LogP contribution in [0.25, 0.3) is 6.08 Å². The molecule has 1 unspecified atom stereocenters. The predicted octanol–water partition coefficient (Wildman–Crippen LogP) is 3.15. The number of hydrogen-bond acceptors (Lipinski definition) is 1. The van der Waals surface area contributed by atoms with Crippen LogP contribution in [0.4, 0.5) is 8.78 Å². The Morgan fingerprint density at radius 3 is 2.81 bits per heavy atom. The van der Waals surface area contributed by atoms with Gasteiger partial charge in [-0.15, -0.1) is 12.4 Å². The summed E-state index contributed by atoms with van der Waals surface area (Å²) < 4.78 is 26.1.